The normalized spacial score (nSPS) is 12.3. The van der Waals surface area contributed by atoms with Crippen LogP contribution in [0.2, 0.25) is 5.02 Å². The number of aliphatic hydroxyl groups excluding tert-OH is 2. The number of hydrogen-bond donors (Lipinski definition) is 3. The fourth-order valence-electron chi connectivity index (χ4n) is 2.91. The van der Waals surface area contributed by atoms with Gasteiger partial charge in [-0.15, -0.1) is 0 Å². The van der Waals surface area contributed by atoms with Crippen LogP contribution in [0.15, 0.2) is 30.3 Å². The maximum absolute atomic E-state index is 12.8. The van der Waals surface area contributed by atoms with Crippen molar-refractivity contribution >= 4 is 23.2 Å². The van der Waals surface area contributed by atoms with Gasteiger partial charge in [-0.1, -0.05) is 44.5 Å². The standard InChI is InChI=1S/C23H30ClNO6/c1-23(2,3)22(28)25-19-16(12-14(24)13-18(19)31-11-7-10-26)20(27)15-8-6-9-17(29-4)21(15)30-5/h6,8-9,12-13,20,26-27H,7,10-11H2,1-5H3,(H,25,28). The van der Waals surface area contributed by atoms with E-state index in [1.54, 1.807) is 51.1 Å². The van der Waals surface area contributed by atoms with Crippen molar-refractivity contribution in [3.63, 3.8) is 0 Å². The predicted molar refractivity (Wildman–Crippen MR) is 120 cm³/mol. The number of anilines is 1. The molecule has 8 heteroatoms. The summed E-state index contributed by atoms with van der Waals surface area (Å²) in [5.74, 6) is 0.872. The van der Waals surface area contributed by atoms with Crippen LogP contribution in [-0.4, -0.2) is 43.6 Å². The van der Waals surface area contributed by atoms with E-state index in [9.17, 15) is 9.90 Å². The lowest BCUT2D eigenvalue weighted by molar-refractivity contribution is -0.123. The third-order valence-corrected chi connectivity index (χ3v) is 4.82. The molecule has 3 N–H and O–H groups in total. The van der Waals surface area contributed by atoms with Crippen molar-refractivity contribution in [2.45, 2.75) is 33.3 Å². The molecule has 0 aliphatic rings. The van der Waals surface area contributed by atoms with Gasteiger partial charge >= 0.3 is 0 Å². The molecule has 0 aliphatic heterocycles. The van der Waals surface area contributed by atoms with E-state index in [1.807, 2.05) is 0 Å². The van der Waals surface area contributed by atoms with Crippen LogP contribution in [0.4, 0.5) is 5.69 Å². The number of aliphatic hydroxyl groups is 2. The van der Waals surface area contributed by atoms with Gasteiger partial charge in [0.1, 0.15) is 11.9 Å². The maximum Gasteiger partial charge on any atom is 0.229 e. The number of benzene rings is 2. The highest BCUT2D eigenvalue weighted by atomic mass is 35.5. The highest BCUT2D eigenvalue weighted by molar-refractivity contribution is 6.31. The molecule has 0 saturated heterocycles. The van der Waals surface area contributed by atoms with Crippen LogP contribution >= 0.6 is 11.6 Å². The second kappa shape index (κ2) is 10.7. The Hall–Kier alpha value is -2.48. The summed E-state index contributed by atoms with van der Waals surface area (Å²) in [6, 6.07) is 8.29. The van der Waals surface area contributed by atoms with Crippen molar-refractivity contribution in [2.24, 2.45) is 5.41 Å². The average molecular weight is 452 g/mol. The van der Waals surface area contributed by atoms with Gasteiger partial charge in [0.25, 0.3) is 0 Å². The smallest absolute Gasteiger partial charge is 0.229 e. The van der Waals surface area contributed by atoms with Crippen LogP contribution in [0.5, 0.6) is 17.2 Å². The van der Waals surface area contributed by atoms with E-state index in [1.165, 1.54) is 14.2 Å². The summed E-state index contributed by atoms with van der Waals surface area (Å²) >= 11 is 6.32. The lowest BCUT2D eigenvalue weighted by Gasteiger charge is -2.25. The quantitative estimate of drug-likeness (QED) is 0.495. The molecule has 0 aromatic heterocycles. The molecule has 7 nitrogen and oxygen atoms in total. The Morgan fingerprint density at radius 1 is 1.13 bits per heavy atom. The van der Waals surface area contributed by atoms with E-state index >= 15 is 0 Å². The molecule has 0 spiro atoms. The van der Waals surface area contributed by atoms with E-state index in [0.29, 0.717) is 45.5 Å². The third kappa shape index (κ3) is 6.03. The van der Waals surface area contributed by atoms with Gasteiger partial charge in [-0.25, -0.2) is 0 Å². The molecule has 1 atom stereocenters. The first-order valence-electron chi connectivity index (χ1n) is 9.91. The number of rotatable bonds is 9. The second-order valence-corrected chi connectivity index (χ2v) is 8.42. The minimum Gasteiger partial charge on any atom is -0.493 e. The lowest BCUT2D eigenvalue weighted by atomic mass is 9.94. The number of methoxy groups -OCH3 is 2. The Kier molecular flexibility index (Phi) is 8.56. The summed E-state index contributed by atoms with van der Waals surface area (Å²) in [5, 5.41) is 23.6. The SMILES string of the molecule is COc1cccc(C(O)c2cc(Cl)cc(OCCCO)c2NC(=O)C(C)(C)C)c1OC. The molecule has 0 fully saturated rings. The van der Waals surface area contributed by atoms with Crippen LogP contribution in [0.3, 0.4) is 0 Å². The molecule has 0 aliphatic carbocycles. The average Bonchev–Trinajstić information content (AvgIpc) is 2.73. The van der Waals surface area contributed by atoms with Crippen molar-refractivity contribution in [2.75, 3.05) is 32.8 Å². The van der Waals surface area contributed by atoms with E-state index in [-0.39, 0.29) is 19.1 Å². The Morgan fingerprint density at radius 2 is 1.84 bits per heavy atom. The number of amides is 1. The number of hydrogen-bond acceptors (Lipinski definition) is 6. The van der Waals surface area contributed by atoms with E-state index < -0.39 is 11.5 Å². The summed E-state index contributed by atoms with van der Waals surface area (Å²) in [7, 11) is 2.99. The zero-order chi connectivity index (χ0) is 23.2. The van der Waals surface area contributed by atoms with E-state index in [2.05, 4.69) is 5.32 Å². The molecular formula is C23H30ClNO6. The first-order valence-corrected chi connectivity index (χ1v) is 10.3. The summed E-state index contributed by atoms with van der Waals surface area (Å²) in [5.41, 5.74) is 0.407. The Labute approximate surface area is 187 Å². The fourth-order valence-corrected chi connectivity index (χ4v) is 3.12. The second-order valence-electron chi connectivity index (χ2n) is 7.98. The van der Waals surface area contributed by atoms with Crippen molar-refractivity contribution in [3.05, 3.63) is 46.5 Å². The van der Waals surface area contributed by atoms with Crippen LogP contribution in [0.25, 0.3) is 0 Å². The number of carbonyl (C=O) groups excluding carboxylic acids is 1. The van der Waals surface area contributed by atoms with Crippen molar-refractivity contribution in [3.8, 4) is 17.2 Å². The van der Waals surface area contributed by atoms with Crippen molar-refractivity contribution in [1.82, 2.24) is 0 Å². The van der Waals surface area contributed by atoms with Crippen LogP contribution in [-0.2, 0) is 4.79 Å². The maximum atomic E-state index is 12.8. The number of nitrogens with one attached hydrogen (secondary N) is 1. The van der Waals surface area contributed by atoms with Gasteiger partial charge in [0.05, 0.1) is 26.5 Å². The van der Waals surface area contributed by atoms with Gasteiger partial charge in [-0.3, -0.25) is 4.79 Å². The summed E-state index contributed by atoms with van der Waals surface area (Å²) in [4.78, 5) is 12.8. The molecule has 31 heavy (non-hydrogen) atoms. The third-order valence-electron chi connectivity index (χ3n) is 4.60. The summed E-state index contributed by atoms with van der Waals surface area (Å²) in [6.45, 7) is 5.52. The monoisotopic (exact) mass is 451 g/mol. The Balaban J connectivity index is 2.63. The van der Waals surface area contributed by atoms with Gasteiger partial charge < -0.3 is 29.7 Å². The van der Waals surface area contributed by atoms with E-state index in [4.69, 9.17) is 30.9 Å². The largest absolute Gasteiger partial charge is 0.493 e. The van der Waals surface area contributed by atoms with E-state index in [0.717, 1.165) is 0 Å². The molecule has 0 saturated carbocycles. The fraction of sp³-hybridized carbons (Fsp3) is 0.435. The van der Waals surface area contributed by atoms with Crippen molar-refractivity contribution in [1.29, 1.82) is 0 Å². The molecule has 0 heterocycles. The van der Waals surface area contributed by atoms with Gasteiger partial charge in [0, 0.05) is 40.7 Å². The highest BCUT2D eigenvalue weighted by Gasteiger charge is 2.28. The molecule has 170 valence electrons. The molecule has 0 radical (unpaired) electrons. The highest BCUT2D eigenvalue weighted by Crippen LogP contribution is 2.43. The first-order chi connectivity index (χ1) is 14.6. The first kappa shape index (κ1) is 24.8. The van der Waals surface area contributed by atoms with Crippen LogP contribution in [0.1, 0.15) is 44.4 Å². The van der Waals surface area contributed by atoms with Gasteiger partial charge in [-0.2, -0.15) is 0 Å². The predicted octanol–water partition coefficient (Wildman–Crippen LogP) is 4.18. The molecule has 2 aromatic rings. The number of halogens is 1. The summed E-state index contributed by atoms with van der Waals surface area (Å²) in [6.07, 6.45) is -0.792. The molecule has 1 amide bonds. The van der Waals surface area contributed by atoms with Gasteiger partial charge in [-0.05, 0) is 12.1 Å². The number of ether oxygens (including phenoxy) is 3. The topological polar surface area (TPSA) is 97.3 Å². The summed E-state index contributed by atoms with van der Waals surface area (Å²) < 4.78 is 16.6. The Morgan fingerprint density at radius 3 is 2.42 bits per heavy atom. The number of carbonyl (C=O) groups is 1. The zero-order valence-corrected chi connectivity index (χ0v) is 19.2. The molecule has 2 aromatic carbocycles. The minimum absolute atomic E-state index is 0.0409. The number of para-hydroxylation sites is 1. The molecule has 2 rings (SSSR count). The molecular weight excluding hydrogens is 422 g/mol. The van der Waals surface area contributed by atoms with Crippen LogP contribution < -0.4 is 19.5 Å². The van der Waals surface area contributed by atoms with Gasteiger partial charge in [0.15, 0.2) is 11.5 Å². The zero-order valence-electron chi connectivity index (χ0n) is 18.5. The van der Waals surface area contributed by atoms with Crippen LogP contribution in [0, 0.1) is 5.41 Å². The lowest BCUT2D eigenvalue weighted by Crippen LogP contribution is -2.28. The van der Waals surface area contributed by atoms with Gasteiger partial charge in [0.2, 0.25) is 5.91 Å². The van der Waals surface area contributed by atoms with Crippen molar-refractivity contribution < 1.29 is 29.2 Å². The molecule has 1 unspecified atom stereocenters. The minimum atomic E-state index is -1.20. The Bertz CT molecular complexity index is 910. The molecule has 0 bridgehead atoms.